The van der Waals surface area contributed by atoms with Gasteiger partial charge in [-0.25, -0.2) is 0 Å². The van der Waals surface area contributed by atoms with Crippen LogP contribution in [-0.4, -0.2) is 42.5 Å². The molecule has 0 aliphatic rings. The Kier molecular flexibility index (Phi) is 18.3. The summed E-state index contributed by atoms with van der Waals surface area (Å²) < 4.78 is 9.92. The maximum Gasteiger partial charge on any atom is 0.262 e. The van der Waals surface area contributed by atoms with Crippen molar-refractivity contribution in [1.82, 2.24) is 10.6 Å². The molecule has 4 aromatic rings. The summed E-state index contributed by atoms with van der Waals surface area (Å²) >= 11 is 0. The Hall–Kier alpha value is -7.11. The Bertz CT molecular complexity index is 1890. The quantitative estimate of drug-likeness (QED) is 0.0600. The van der Waals surface area contributed by atoms with E-state index in [2.05, 4.69) is 10.6 Å². The molecule has 4 aromatic carbocycles. The maximum absolute atomic E-state index is 12.0. The molecule has 4 rings (SSSR count). The van der Waals surface area contributed by atoms with Gasteiger partial charge in [0.15, 0.2) is 23.0 Å². The molecule has 260 valence electrons. The second kappa shape index (κ2) is 23.3. The fourth-order valence-corrected chi connectivity index (χ4v) is 3.97. The summed E-state index contributed by atoms with van der Waals surface area (Å²) in [5.74, 6) is 0.227. The lowest BCUT2D eigenvalue weighted by Crippen LogP contribution is -2.23. The number of nitriles is 2. The molecule has 2 amide bonds. The molecule has 0 fully saturated rings. The van der Waals surface area contributed by atoms with E-state index < -0.39 is 5.91 Å². The molecule has 0 aliphatic heterocycles. The third-order valence-electron chi connectivity index (χ3n) is 6.56. The van der Waals surface area contributed by atoms with Crippen LogP contribution in [0.4, 0.5) is 0 Å². The van der Waals surface area contributed by atoms with Gasteiger partial charge in [-0.3, -0.25) is 14.4 Å². The number of nitrogens with one attached hydrogen (secondary N) is 2. The van der Waals surface area contributed by atoms with Gasteiger partial charge in [-0.2, -0.15) is 10.5 Å². The maximum atomic E-state index is 12.0. The Balaban J connectivity index is 0.000000292. The number of hydrogen-bond acceptors (Lipinski definition) is 9. The summed E-state index contributed by atoms with van der Waals surface area (Å²) in [5.41, 5.74) is 3.58. The number of aldehydes is 1. The lowest BCUT2D eigenvalue weighted by molar-refractivity contribution is -0.120. The highest BCUT2D eigenvalue weighted by Crippen LogP contribution is 2.27. The Morgan fingerprint density at radius 3 is 1.67 bits per heavy atom. The first kappa shape index (κ1) is 40.1. The number of amides is 2. The normalized spacial score (nSPS) is 10.3. The van der Waals surface area contributed by atoms with Crippen molar-refractivity contribution in [2.45, 2.75) is 19.5 Å². The van der Waals surface area contributed by atoms with E-state index in [-0.39, 0.29) is 29.4 Å². The Morgan fingerprint density at radius 2 is 1.22 bits per heavy atom. The minimum absolute atomic E-state index is 0.0120. The first-order valence-electron chi connectivity index (χ1n) is 15.4. The molecule has 0 saturated carbocycles. The number of nitrogens with zero attached hydrogens (tertiary/aromatic N) is 2. The molecule has 0 heterocycles. The molecule has 0 atom stereocenters. The van der Waals surface area contributed by atoms with Gasteiger partial charge in [0.2, 0.25) is 5.91 Å². The highest BCUT2D eigenvalue weighted by atomic mass is 16.5. The predicted octanol–water partition coefficient (Wildman–Crippen LogP) is 6.01. The van der Waals surface area contributed by atoms with Crippen LogP contribution in [0.1, 0.15) is 28.7 Å². The van der Waals surface area contributed by atoms with E-state index >= 15 is 0 Å². The third-order valence-corrected chi connectivity index (χ3v) is 6.56. The molecule has 51 heavy (non-hydrogen) atoms. The molecular weight excluding hydrogens is 648 g/mol. The first-order valence-corrected chi connectivity index (χ1v) is 15.4. The van der Waals surface area contributed by atoms with Crippen LogP contribution >= 0.6 is 0 Å². The fourth-order valence-electron chi connectivity index (χ4n) is 3.97. The third kappa shape index (κ3) is 15.6. The topological polar surface area (TPSA) is 182 Å². The number of rotatable bonds is 12. The summed E-state index contributed by atoms with van der Waals surface area (Å²) in [5, 5.41) is 41.5. The average Bonchev–Trinajstić information content (AvgIpc) is 3.16. The van der Waals surface area contributed by atoms with Crippen LogP contribution in [0.25, 0.3) is 12.2 Å². The second-order valence-corrected chi connectivity index (χ2v) is 10.2. The molecule has 11 nitrogen and oxygen atoms in total. The second-order valence-electron chi connectivity index (χ2n) is 10.2. The number of allylic oxidation sites excluding steroid dienone is 3. The summed E-state index contributed by atoms with van der Waals surface area (Å²) in [4.78, 5) is 33.0. The van der Waals surface area contributed by atoms with Gasteiger partial charge in [0, 0.05) is 13.1 Å². The minimum Gasteiger partial charge on any atom is -0.504 e. The monoisotopic (exact) mass is 686 g/mol. The van der Waals surface area contributed by atoms with Crippen LogP contribution in [0.5, 0.6) is 23.0 Å². The van der Waals surface area contributed by atoms with Crippen LogP contribution in [0.3, 0.4) is 0 Å². The highest BCUT2D eigenvalue weighted by Gasteiger charge is 2.07. The van der Waals surface area contributed by atoms with Crippen molar-refractivity contribution in [2.24, 2.45) is 0 Å². The van der Waals surface area contributed by atoms with Crippen molar-refractivity contribution in [1.29, 1.82) is 10.5 Å². The van der Waals surface area contributed by atoms with Gasteiger partial charge in [-0.15, -0.1) is 0 Å². The number of methoxy groups -OCH3 is 2. The molecule has 0 unspecified atom stereocenters. The summed E-state index contributed by atoms with van der Waals surface area (Å²) in [6, 6.07) is 32.4. The van der Waals surface area contributed by atoms with E-state index in [0.29, 0.717) is 30.9 Å². The van der Waals surface area contributed by atoms with Crippen molar-refractivity contribution >= 4 is 30.3 Å². The van der Waals surface area contributed by atoms with E-state index in [1.165, 1.54) is 38.5 Å². The van der Waals surface area contributed by atoms with Crippen molar-refractivity contribution in [3.8, 4) is 35.1 Å². The molecule has 0 spiro atoms. The minimum atomic E-state index is -0.431. The molecule has 0 radical (unpaired) electrons. The fraction of sp³-hybridized carbons (Fsp3) is 0.125. The van der Waals surface area contributed by atoms with Crippen LogP contribution in [0.2, 0.25) is 0 Å². The number of phenolic OH excluding ortho intramolecular Hbond substituents is 2. The van der Waals surface area contributed by atoms with E-state index in [1.54, 1.807) is 48.6 Å². The van der Waals surface area contributed by atoms with Crippen molar-refractivity contribution in [3.05, 3.63) is 143 Å². The zero-order valence-corrected chi connectivity index (χ0v) is 28.2. The molecule has 0 aliphatic carbocycles. The number of benzene rings is 4. The van der Waals surface area contributed by atoms with Gasteiger partial charge in [0.25, 0.3) is 5.91 Å². The molecular formula is C40H38N4O7. The van der Waals surface area contributed by atoms with Crippen LogP contribution < -0.4 is 20.1 Å². The largest absolute Gasteiger partial charge is 0.504 e. The molecule has 0 aromatic heterocycles. The van der Waals surface area contributed by atoms with Crippen molar-refractivity contribution < 1.29 is 34.1 Å². The zero-order valence-electron chi connectivity index (χ0n) is 28.2. The molecule has 4 N–H and O–H groups in total. The van der Waals surface area contributed by atoms with E-state index in [9.17, 15) is 24.6 Å². The Morgan fingerprint density at radius 1 is 0.725 bits per heavy atom. The van der Waals surface area contributed by atoms with Gasteiger partial charge in [-0.1, -0.05) is 91.0 Å². The Labute approximate surface area is 297 Å². The SMILES string of the molecule is COc1cc(/C=C/C=C(\C#N)C(=O)NCc2ccccc2)ccc1O.COc1cc(/C=C/C=O)ccc1O.N#CCC(=O)NCc1ccccc1. The standard InChI is InChI=1S/C20H18N2O3.C10H10N2O.C10H10O3/c1-25-19-12-15(10-11-18(19)23)8-5-9-17(13-21)20(24)22-14-16-6-3-2-4-7-16;11-7-6-10(13)12-8-9-4-2-1-3-5-9;1-13-10-7-8(3-2-6-11)4-5-9(10)12/h2-12,23H,14H2,1H3,(H,22,24);1-5H,6,8H2,(H,12,13);2-7,12H,1H3/b8-5+,17-9+;;3-2+. The van der Waals surface area contributed by atoms with Crippen LogP contribution in [0.15, 0.2) is 121 Å². The molecule has 0 saturated heterocycles. The number of carbonyl (C=O) groups excluding carboxylic acids is 3. The number of carbonyl (C=O) groups is 3. The zero-order chi connectivity index (χ0) is 37.3. The lowest BCUT2D eigenvalue weighted by atomic mass is 10.1. The van der Waals surface area contributed by atoms with E-state index in [4.69, 9.17) is 20.0 Å². The van der Waals surface area contributed by atoms with Crippen molar-refractivity contribution in [3.63, 3.8) is 0 Å². The van der Waals surface area contributed by atoms with Gasteiger partial charge < -0.3 is 30.3 Å². The van der Waals surface area contributed by atoms with Crippen molar-refractivity contribution in [2.75, 3.05) is 14.2 Å². The summed E-state index contributed by atoms with van der Waals surface area (Å²) in [7, 11) is 2.94. The summed E-state index contributed by atoms with van der Waals surface area (Å²) in [6.45, 7) is 0.846. The van der Waals surface area contributed by atoms with E-state index in [1.807, 2.05) is 66.7 Å². The number of ether oxygens (including phenoxy) is 2. The van der Waals surface area contributed by atoms with Gasteiger partial charge in [0.05, 0.1) is 20.3 Å². The average molecular weight is 687 g/mol. The van der Waals surface area contributed by atoms with Gasteiger partial charge >= 0.3 is 0 Å². The smallest absolute Gasteiger partial charge is 0.262 e. The first-order chi connectivity index (χ1) is 24.7. The number of aromatic hydroxyl groups is 2. The predicted molar refractivity (Wildman–Crippen MR) is 194 cm³/mol. The number of hydrogen-bond donors (Lipinski definition) is 4. The summed E-state index contributed by atoms with van der Waals surface area (Å²) in [6.07, 6.45) is 8.39. The molecule has 11 heteroatoms. The van der Waals surface area contributed by atoms with Gasteiger partial charge in [-0.05, 0) is 58.7 Å². The van der Waals surface area contributed by atoms with Gasteiger partial charge in [0.1, 0.15) is 24.3 Å². The van der Waals surface area contributed by atoms with Crippen LogP contribution in [-0.2, 0) is 27.5 Å². The molecule has 0 bridgehead atoms. The van der Waals surface area contributed by atoms with E-state index in [0.717, 1.165) is 22.3 Å². The highest BCUT2D eigenvalue weighted by molar-refractivity contribution is 5.97. The number of phenols is 2. The lowest BCUT2D eigenvalue weighted by Gasteiger charge is -2.04. The van der Waals surface area contributed by atoms with Crippen LogP contribution in [0, 0.1) is 22.7 Å².